The number of rotatable bonds is 5. The van der Waals surface area contributed by atoms with E-state index in [9.17, 15) is 8.42 Å². The number of sulfonamides is 1. The van der Waals surface area contributed by atoms with Crippen LogP contribution in [0.5, 0.6) is 11.5 Å². The molecule has 0 unspecified atom stereocenters. The Bertz CT molecular complexity index is 895. The highest BCUT2D eigenvalue weighted by Crippen LogP contribution is 2.34. The van der Waals surface area contributed by atoms with Crippen molar-refractivity contribution in [2.24, 2.45) is 0 Å². The Balaban J connectivity index is 1.60. The molecule has 0 fully saturated rings. The number of hydrogen-bond acceptors (Lipinski definition) is 7. The first-order valence-corrected chi connectivity index (χ1v) is 9.40. The first-order valence-electron chi connectivity index (χ1n) is 7.91. The zero-order valence-corrected chi connectivity index (χ0v) is 14.5. The lowest BCUT2D eigenvalue weighted by molar-refractivity contribution is 0.174. The molecule has 2 aromatic rings. The summed E-state index contributed by atoms with van der Waals surface area (Å²) < 4.78 is 45.5. The summed E-state index contributed by atoms with van der Waals surface area (Å²) >= 11 is 0. The van der Waals surface area contributed by atoms with Gasteiger partial charge < -0.3 is 14.2 Å². The summed E-state index contributed by atoms with van der Waals surface area (Å²) in [6, 6.07) is 4.13. The molecule has 0 spiro atoms. The molecule has 0 saturated carbocycles. The second-order valence-electron chi connectivity index (χ2n) is 5.87. The van der Waals surface area contributed by atoms with Crippen molar-refractivity contribution in [3.05, 3.63) is 29.8 Å². The molecule has 2 aliphatic heterocycles. The molecule has 0 bridgehead atoms. The summed E-state index contributed by atoms with van der Waals surface area (Å²) in [7, 11) is -2.16. The first kappa shape index (κ1) is 16.3. The molecule has 0 radical (unpaired) electrons. The van der Waals surface area contributed by atoms with Crippen molar-refractivity contribution < 1.29 is 22.6 Å². The number of nitrogens with zero attached hydrogens (tertiary/aromatic N) is 3. The topological polar surface area (TPSA) is 105 Å². The van der Waals surface area contributed by atoms with Crippen molar-refractivity contribution in [3.8, 4) is 11.5 Å². The summed E-state index contributed by atoms with van der Waals surface area (Å²) in [5.74, 6) is 2.13. The fourth-order valence-electron chi connectivity index (χ4n) is 3.00. The molecule has 1 N–H and O–H groups in total. The van der Waals surface area contributed by atoms with Crippen LogP contribution in [0.25, 0.3) is 0 Å². The van der Waals surface area contributed by atoms with Gasteiger partial charge in [-0.2, -0.15) is 5.10 Å². The van der Waals surface area contributed by atoms with Gasteiger partial charge in [-0.05, 0) is 25.0 Å². The number of aryl methyl sites for hydroxylation is 1. The molecule has 25 heavy (non-hydrogen) atoms. The molecule has 0 amide bonds. The largest absolute Gasteiger partial charge is 0.454 e. The molecule has 0 saturated heterocycles. The van der Waals surface area contributed by atoms with Gasteiger partial charge in [0.25, 0.3) is 0 Å². The second kappa shape index (κ2) is 6.28. The summed E-state index contributed by atoms with van der Waals surface area (Å²) in [5, 5.41) is 4.35. The zero-order chi connectivity index (χ0) is 17.4. The minimum atomic E-state index is -3.73. The Morgan fingerprint density at radius 3 is 3.04 bits per heavy atom. The van der Waals surface area contributed by atoms with E-state index in [0.717, 1.165) is 6.42 Å². The molecule has 1 atom stereocenters. The van der Waals surface area contributed by atoms with E-state index in [0.29, 0.717) is 42.7 Å². The highest BCUT2D eigenvalue weighted by molar-refractivity contribution is 7.89. The number of benzene rings is 1. The predicted molar refractivity (Wildman–Crippen MR) is 85.6 cm³/mol. The van der Waals surface area contributed by atoms with Crippen molar-refractivity contribution in [2.75, 3.05) is 13.9 Å². The lowest BCUT2D eigenvalue weighted by Crippen LogP contribution is -2.33. The van der Waals surface area contributed by atoms with Crippen LogP contribution < -0.4 is 14.2 Å². The number of fused-ring (bicyclic) bond motifs is 2. The van der Waals surface area contributed by atoms with Gasteiger partial charge in [-0.15, -0.1) is 0 Å². The first-order chi connectivity index (χ1) is 12.1. The van der Waals surface area contributed by atoms with Crippen molar-refractivity contribution in [3.63, 3.8) is 0 Å². The van der Waals surface area contributed by atoms with E-state index in [1.54, 1.807) is 17.9 Å². The second-order valence-corrected chi connectivity index (χ2v) is 7.59. The van der Waals surface area contributed by atoms with Crippen LogP contribution in [0.4, 0.5) is 0 Å². The minimum absolute atomic E-state index is 0.0975. The van der Waals surface area contributed by atoms with Crippen LogP contribution in [0, 0.1) is 0 Å². The Hall–Kier alpha value is -2.17. The average Bonchev–Trinajstić information content (AvgIpc) is 3.20. The maximum Gasteiger partial charge on any atom is 0.241 e. The van der Waals surface area contributed by atoms with E-state index in [1.165, 1.54) is 12.1 Å². The lowest BCUT2D eigenvalue weighted by atomic mass is 10.1. The van der Waals surface area contributed by atoms with Gasteiger partial charge in [0.2, 0.25) is 16.8 Å². The Morgan fingerprint density at radius 2 is 2.20 bits per heavy atom. The predicted octanol–water partition coefficient (Wildman–Crippen LogP) is 0.967. The molecular weight excluding hydrogens is 348 g/mol. The maximum atomic E-state index is 12.8. The highest BCUT2D eigenvalue weighted by atomic mass is 32.2. The van der Waals surface area contributed by atoms with Gasteiger partial charge in [0, 0.05) is 19.7 Å². The summed E-state index contributed by atoms with van der Waals surface area (Å²) in [6.45, 7) is 1.11. The van der Waals surface area contributed by atoms with E-state index >= 15 is 0 Å². The highest BCUT2D eigenvalue weighted by Gasteiger charge is 2.29. The normalized spacial score (nSPS) is 19.0. The SMILES string of the molecule is COCc1nc2n(n1)CCC[C@H]2NS(=O)(=O)c1ccc2c(c1)OCO2. The quantitative estimate of drug-likeness (QED) is 0.840. The Morgan fingerprint density at radius 1 is 1.36 bits per heavy atom. The smallest absolute Gasteiger partial charge is 0.241 e. The standard InChI is InChI=1S/C15H18N4O5S/c1-22-8-14-16-15-11(3-2-6-19(15)17-14)18-25(20,21)10-4-5-12-13(7-10)24-9-23-12/h4-5,7,11,18H,2-3,6,8-9H2,1H3/t11-/m1/s1. The molecule has 4 rings (SSSR count). The van der Waals surface area contributed by atoms with Crippen LogP contribution >= 0.6 is 0 Å². The number of ether oxygens (including phenoxy) is 3. The van der Waals surface area contributed by atoms with Crippen molar-refractivity contribution >= 4 is 10.0 Å². The Kier molecular flexibility index (Phi) is 4.10. The third-order valence-electron chi connectivity index (χ3n) is 4.14. The number of methoxy groups -OCH3 is 1. The molecule has 2 aliphatic rings. The summed E-state index contributed by atoms with van der Waals surface area (Å²) in [6.07, 6.45) is 1.48. The average molecular weight is 366 g/mol. The van der Waals surface area contributed by atoms with Gasteiger partial charge in [-0.1, -0.05) is 0 Å². The van der Waals surface area contributed by atoms with Crippen LogP contribution in [0.1, 0.15) is 30.5 Å². The van der Waals surface area contributed by atoms with Gasteiger partial charge in [0.1, 0.15) is 12.4 Å². The van der Waals surface area contributed by atoms with E-state index in [4.69, 9.17) is 14.2 Å². The number of nitrogens with one attached hydrogen (secondary N) is 1. The van der Waals surface area contributed by atoms with Crippen LogP contribution in [-0.4, -0.2) is 37.1 Å². The van der Waals surface area contributed by atoms with Gasteiger partial charge in [0.15, 0.2) is 17.3 Å². The number of hydrogen-bond donors (Lipinski definition) is 1. The Labute approximate surface area is 145 Å². The van der Waals surface area contributed by atoms with Crippen LogP contribution in [-0.2, 0) is 27.9 Å². The van der Waals surface area contributed by atoms with Crippen molar-refractivity contribution in [2.45, 2.75) is 36.9 Å². The van der Waals surface area contributed by atoms with E-state index in [1.807, 2.05) is 0 Å². The van der Waals surface area contributed by atoms with Crippen LogP contribution in [0.15, 0.2) is 23.1 Å². The monoisotopic (exact) mass is 366 g/mol. The molecule has 10 heteroatoms. The third kappa shape index (κ3) is 3.08. The third-order valence-corrected chi connectivity index (χ3v) is 5.61. The lowest BCUT2D eigenvalue weighted by Gasteiger charge is -2.23. The van der Waals surface area contributed by atoms with Gasteiger partial charge in [-0.3, -0.25) is 0 Å². The minimum Gasteiger partial charge on any atom is -0.454 e. The van der Waals surface area contributed by atoms with Crippen LogP contribution in [0.2, 0.25) is 0 Å². The molecule has 0 aliphatic carbocycles. The molecule has 3 heterocycles. The van der Waals surface area contributed by atoms with Crippen LogP contribution in [0.3, 0.4) is 0 Å². The van der Waals surface area contributed by atoms with Gasteiger partial charge >= 0.3 is 0 Å². The van der Waals surface area contributed by atoms with E-state index < -0.39 is 16.1 Å². The fraction of sp³-hybridized carbons (Fsp3) is 0.467. The zero-order valence-electron chi connectivity index (χ0n) is 13.6. The fourth-order valence-corrected chi connectivity index (χ4v) is 4.24. The maximum absolute atomic E-state index is 12.8. The van der Waals surface area contributed by atoms with Gasteiger partial charge in [-0.25, -0.2) is 22.8 Å². The van der Waals surface area contributed by atoms with E-state index in [2.05, 4.69) is 14.8 Å². The number of aromatic nitrogens is 3. The molecular formula is C15H18N4O5S. The summed E-state index contributed by atoms with van der Waals surface area (Å²) in [5.41, 5.74) is 0. The summed E-state index contributed by atoms with van der Waals surface area (Å²) in [4.78, 5) is 4.54. The van der Waals surface area contributed by atoms with E-state index in [-0.39, 0.29) is 11.7 Å². The van der Waals surface area contributed by atoms with Crippen molar-refractivity contribution in [1.29, 1.82) is 0 Å². The van der Waals surface area contributed by atoms with Crippen molar-refractivity contribution in [1.82, 2.24) is 19.5 Å². The molecule has 9 nitrogen and oxygen atoms in total. The molecule has 1 aromatic carbocycles. The molecule has 1 aromatic heterocycles. The molecule has 134 valence electrons. The van der Waals surface area contributed by atoms with Gasteiger partial charge in [0.05, 0.1) is 10.9 Å².